The summed E-state index contributed by atoms with van der Waals surface area (Å²) in [5, 5.41) is 0. The van der Waals surface area contributed by atoms with Crippen LogP contribution in [0.3, 0.4) is 0 Å². The van der Waals surface area contributed by atoms with Gasteiger partial charge in [0.15, 0.2) is 11.5 Å². The SMILES string of the molecule is CC12CCC3C(CCC4=C(Oc5ccccc5)C(=O)CCC43C)C1CCC2=O. The summed E-state index contributed by atoms with van der Waals surface area (Å²) in [6.45, 7) is 4.60. The van der Waals surface area contributed by atoms with Crippen LogP contribution in [-0.4, -0.2) is 11.6 Å². The normalized spacial score (nSPS) is 40.0. The van der Waals surface area contributed by atoms with E-state index in [2.05, 4.69) is 13.8 Å². The molecule has 0 aliphatic heterocycles. The van der Waals surface area contributed by atoms with E-state index in [1.807, 2.05) is 30.3 Å². The second kappa shape index (κ2) is 6.30. The molecule has 3 nitrogen and oxygen atoms in total. The first-order valence-electron chi connectivity index (χ1n) is 11.0. The molecule has 4 aliphatic rings. The number of ether oxygens (including phenoxy) is 1. The highest BCUT2D eigenvalue weighted by molar-refractivity contribution is 5.96. The Morgan fingerprint density at radius 1 is 0.857 bits per heavy atom. The van der Waals surface area contributed by atoms with Crippen molar-refractivity contribution in [2.24, 2.45) is 28.6 Å². The molecule has 4 aliphatic carbocycles. The van der Waals surface area contributed by atoms with E-state index in [1.54, 1.807) is 0 Å². The summed E-state index contributed by atoms with van der Waals surface area (Å²) in [4.78, 5) is 25.4. The molecule has 1 aromatic rings. The fourth-order valence-corrected chi connectivity index (χ4v) is 7.16. The average Bonchev–Trinajstić information content (AvgIpc) is 3.00. The minimum atomic E-state index is -0.0907. The number of carbonyl (C=O) groups is 2. The maximum Gasteiger partial charge on any atom is 0.198 e. The fourth-order valence-electron chi connectivity index (χ4n) is 7.16. The second-order valence-electron chi connectivity index (χ2n) is 9.90. The van der Waals surface area contributed by atoms with Crippen molar-refractivity contribution in [3.8, 4) is 5.75 Å². The Morgan fingerprint density at radius 3 is 2.39 bits per heavy atom. The minimum absolute atomic E-state index is 0.0356. The summed E-state index contributed by atoms with van der Waals surface area (Å²) in [6, 6.07) is 9.71. The molecule has 0 bridgehead atoms. The molecule has 0 amide bonds. The zero-order valence-electron chi connectivity index (χ0n) is 17.0. The monoisotopic (exact) mass is 378 g/mol. The van der Waals surface area contributed by atoms with Gasteiger partial charge in [-0.3, -0.25) is 9.59 Å². The standard InChI is InChI=1S/C25H30O3/c1-24-15-13-21(26)23(28-16-6-4-3-5-7-16)20(24)9-8-17-18-10-11-22(27)25(18,2)14-12-19(17)24/h3-7,17-19H,8-15H2,1-2H3. The van der Waals surface area contributed by atoms with Gasteiger partial charge in [-0.1, -0.05) is 32.0 Å². The summed E-state index contributed by atoms with van der Waals surface area (Å²) in [5.74, 6) is 3.75. The number of Topliss-reactive ketones (excluding diaryl/α,β-unsaturated/α-hetero) is 2. The number of para-hydroxylation sites is 1. The van der Waals surface area contributed by atoms with Crippen LogP contribution in [0.2, 0.25) is 0 Å². The van der Waals surface area contributed by atoms with Gasteiger partial charge in [0, 0.05) is 18.3 Å². The zero-order valence-corrected chi connectivity index (χ0v) is 17.0. The van der Waals surface area contributed by atoms with Crippen molar-refractivity contribution in [1.29, 1.82) is 0 Å². The number of allylic oxidation sites excluding steroid dienone is 1. The first-order valence-corrected chi connectivity index (χ1v) is 11.0. The van der Waals surface area contributed by atoms with Gasteiger partial charge in [0.25, 0.3) is 0 Å². The highest BCUT2D eigenvalue weighted by atomic mass is 16.5. The zero-order chi connectivity index (χ0) is 19.5. The molecule has 0 spiro atoms. The molecule has 1 aromatic carbocycles. The summed E-state index contributed by atoms with van der Waals surface area (Å²) < 4.78 is 6.18. The van der Waals surface area contributed by atoms with Gasteiger partial charge in [-0.15, -0.1) is 0 Å². The maximum atomic E-state index is 12.8. The molecule has 28 heavy (non-hydrogen) atoms. The average molecular weight is 379 g/mol. The Balaban J connectivity index is 1.51. The third-order valence-corrected chi connectivity index (χ3v) is 8.74. The second-order valence-corrected chi connectivity index (χ2v) is 9.90. The Kier molecular flexibility index (Phi) is 4.08. The summed E-state index contributed by atoms with van der Waals surface area (Å²) >= 11 is 0. The number of benzene rings is 1. The van der Waals surface area contributed by atoms with Crippen LogP contribution in [0.5, 0.6) is 5.75 Å². The van der Waals surface area contributed by atoms with Crippen LogP contribution >= 0.6 is 0 Å². The van der Waals surface area contributed by atoms with Crippen molar-refractivity contribution in [2.45, 2.75) is 65.2 Å². The molecule has 0 saturated heterocycles. The van der Waals surface area contributed by atoms with Crippen LogP contribution < -0.4 is 4.74 Å². The molecule has 5 atom stereocenters. The van der Waals surface area contributed by atoms with Crippen LogP contribution in [0, 0.1) is 28.6 Å². The molecule has 148 valence electrons. The first kappa shape index (κ1) is 18.1. The number of hydrogen-bond acceptors (Lipinski definition) is 3. The van der Waals surface area contributed by atoms with Gasteiger partial charge in [0.2, 0.25) is 0 Å². The molecule has 0 heterocycles. The van der Waals surface area contributed by atoms with E-state index in [4.69, 9.17) is 4.74 Å². The Bertz CT molecular complexity index is 854. The van der Waals surface area contributed by atoms with E-state index in [0.717, 1.165) is 50.7 Å². The molecular weight excluding hydrogens is 348 g/mol. The summed E-state index contributed by atoms with van der Waals surface area (Å²) in [5.41, 5.74) is 1.20. The van der Waals surface area contributed by atoms with Gasteiger partial charge < -0.3 is 4.74 Å². The van der Waals surface area contributed by atoms with E-state index in [-0.39, 0.29) is 16.6 Å². The predicted molar refractivity (Wildman–Crippen MR) is 108 cm³/mol. The third kappa shape index (κ3) is 2.47. The number of hydrogen-bond donors (Lipinski definition) is 0. The number of fused-ring (bicyclic) bond motifs is 5. The van der Waals surface area contributed by atoms with E-state index in [0.29, 0.717) is 35.7 Å². The number of rotatable bonds is 2. The molecular formula is C25H30O3. The summed E-state index contributed by atoms with van der Waals surface area (Å²) in [6.07, 6.45) is 7.50. The predicted octanol–water partition coefficient (Wildman–Crippen LogP) is 5.49. The fraction of sp³-hybridized carbons (Fsp3) is 0.600. The Hall–Kier alpha value is -1.90. The van der Waals surface area contributed by atoms with Crippen molar-refractivity contribution < 1.29 is 14.3 Å². The van der Waals surface area contributed by atoms with Crippen molar-refractivity contribution in [3.63, 3.8) is 0 Å². The highest BCUT2D eigenvalue weighted by Gasteiger charge is 2.59. The molecule has 3 heteroatoms. The van der Waals surface area contributed by atoms with Gasteiger partial charge in [-0.2, -0.15) is 0 Å². The van der Waals surface area contributed by atoms with E-state index in [9.17, 15) is 9.59 Å². The van der Waals surface area contributed by atoms with Gasteiger partial charge in [0.1, 0.15) is 11.5 Å². The molecule has 0 N–H and O–H groups in total. The van der Waals surface area contributed by atoms with Gasteiger partial charge in [0.05, 0.1) is 0 Å². The quantitative estimate of drug-likeness (QED) is 0.683. The van der Waals surface area contributed by atoms with Crippen molar-refractivity contribution in [2.75, 3.05) is 0 Å². The van der Waals surface area contributed by atoms with Gasteiger partial charge in [-0.05, 0) is 79.4 Å². The van der Waals surface area contributed by atoms with E-state index in [1.165, 1.54) is 5.57 Å². The van der Waals surface area contributed by atoms with Crippen LogP contribution in [0.15, 0.2) is 41.7 Å². The van der Waals surface area contributed by atoms with Crippen LogP contribution in [0.25, 0.3) is 0 Å². The topological polar surface area (TPSA) is 43.4 Å². The van der Waals surface area contributed by atoms with E-state index < -0.39 is 0 Å². The largest absolute Gasteiger partial charge is 0.454 e. The lowest BCUT2D eigenvalue weighted by Gasteiger charge is -2.57. The van der Waals surface area contributed by atoms with Crippen LogP contribution in [0.4, 0.5) is 0 Å². The van der Waals surface area contributed by atoms with Crippen LogP contribution in [-0.2, 0) is 9.59 Å². The maximum absolute atomic E-state index is 12.8. The first-order chi connectivity index (χ1) is 13.4. The smallest absolute Gasteiger partial charge is 0.198 e. The Labute approximate surface area is 167 Å². The van der Waals surface area contributed by atoms with Crippen molar-refractivity contribution >= 4 is 11.6 Å². The van der Waals surface area contributed by atoms with Crippen LogP contribution in [0.1, 0.15) is 65.2 Å². The summed E-state index contributed by atoms with van der Waals surface area (Å²) in [7, 11) is 0. The molecule has 5 unspecified atom stereocenters. The third-order valence-electron chi connectivity index (χ3n) is 8.74. The highest BCUT2D eigenvalue weighted by Crippen LogP contribution is 2.64. The van der Waals surface area contributed by atoms with Gasteiger partial charge in [-0.25, -0.2) is 0 Å². The molecule has 3 fully saturated rings. The van der Waals surface area contributed by atoms with Crippen molar-refractivity contribution in [3.05, 3.63) is 41.7 Å². The lowest BCUT2D eigenvalue weighted by atomic mass is 9.47. The minimum Gasteiger partial charge on any atom is -0.454 e. The molecule has 0 radical (unpaired) electrons. The Morgan fingerprint density at radius 2 is 1.61 bits per heavy atom. The number of ketones is 2. The molecule has 0 aromatic heterocycles. The lowest BCUT2D eigenvalue weighted by molar-refractivity contribution is -0.132. The molecule has 5 rings (SSSR count). The lowest BCUT2D eigenvalue weighted by Crippen LogP contribution is -2.51. The van der Waals surface area contributed by atoms with E-state index >= 15 is 0 Å². The number of carbonyl (C=O) groups excluding carboxylic acids is 2. The van der Waals surface area contributed by atoms with Gasteiger partial charge >= 0.3 is 0 Å². The van der Waals surface area contributed by atoms with Crippen molar-refractivity contribution in [1.82, 2.24) is 0 Å². The molecule has 3 saturated carbocycles.